The van der Waals surface area contributed by atoms with Crippen LogP contribution in [0.4, 0.5) is 0 Å². The summed E-state index contributed by atoms with van der Waals surface area (Å²) in [7, 11) is 0. The Morgan fingerprint density at radius 3 is 0.833 bits per heavy atom. The molecule has 356 valence electrons. The van der Waals surface area contributed by atoms with Crippen molar-refractivity contribution in [3.05, 3.63) is 12.2 Å². The molecular formula is C56H108O4. The monoisotopic (exact) mass is 845 g/mol. The summed E-state index contributed by atoms with van der Waals surface area (Å²) in [5.74, 6) is -0.628. The zero-order valence-electron chi connectivity index (χ0n) is 40.9. The molecule has 0 atom stereocenters. The average Bonchev–Trinajstić information content (AvgIpc) is 3.24. The SMILES string of the molecule is CCCCCCC=CCCCCCCCCCCCC(=O)OCCCCCCCCCCCCCCCCCCCCCCCCCCCCCCCCCCCC(=O)O. The summed E-state index contributed by atoms with van der Waals surface area (Å²) in [6, 6.07) is 0. The number of allylic oxidation sites excluding steroid dienone is 2. The predicted octanol–water partition coefficient (Wildman–Crippen LogP) is 19.7. The first-order valence-corrected chi connectivity index (χ1v) is 27.7. The smallest absolute Gasteiger partial charge is 0.305 e. The van der Waals surface area contributed by atoms with Crippen molar-refractivity contribution in [3.63, 3.8) is 0 Å². The standard InChI is InChI=1S/C56H108O4/c1-2-3-4-5-6-7-8-9-10-28-32-35-38-41-44-47-50-53-56(59)60-54-51-48-45-42-39-36-33-30-27-25-23-21-19-17-15-13-11-12-14-16-18-20-22-24-26-29-31-34-37-40-43-46-49-52-55(57)58/h7-8H,2-6,9-54H2,1H3,(H,57,58). The molecule has 0 unspecified atom stereocenters. The normalized spacial score (nSPS) is 11.6. The molecule has 0 aromatic carbocycles. The molecule has 0 spiro atoms. The molecule has 0 aliphatic heterocycles. The van der Waals surface area contributed by atoms with Crippen LogP contribution in [0.25, 0.3) is 0 Å². The Balaban J connectivity index is 3.15. The minimum atomic E-state index is -0.651. The van der Waals surface area contributed by atoms with Gasteiger partial charge in [0.1, 0.15) is 0 Å². The van der Waals surface area contributed by atoms with Gasteiger partial charge in [-0.05, 0) is 44.9 Å². The summed E-state index contributed by atoms with van der Waals surface area (Å²) < 4.78 is 5.49. The van der Waals surface area contributed by atoms with E-state index in [9.17, 15) is 9.59 Å². The van der Waals surface area contributed by atoms with E-state index in [4.69, 9.17) is 9.84 Å². The molecule has 60 heavy (non-hydrogen) atoms. The van der Waals surface area contributed by atoms with Gasteiger partial charge in [-0.1, -0.05) is 282 Å². The van der Waals surface area contributed by atoms with Crippen molar-refractivity contribution in [3.8, 4) is 0 Å². The lowest BCUT2D eigenvalue weighted by atomic mass is 10.0. The Labute approximate surface area is 376 Å². The van der Waals surface area contributed by atoms with Crippen molar-refractivity contribution in [1.29, 1.82) is 0 Å². The van der Waals surface area contributed by atoms with Gasteiger partial charge in [-0.2, -0.15) is 0 Å². The van der Waals surface area contributed by atoms with Crippen LogP contribution in [0.2, 0.25) is 0 Å². The topological polar surface area (TPSA) is 63.6 Å². The van der Waals surface area contributed by atoms with Gasteiger partial charge in [-0.3, -0.25) is 9.59 Å². The van der Waals surface area contributed by atoms with Gasteiger partial charge in [0.05, 0.1) is 6.61 Å². The quantitative estimate of drug-likeness (QED) is 0.0376. The van der Waals surface area contributed by atoms with Crippen LogP contribution in [0.5, 0.6) is 0 Å². The lowest BCUT2D eigenvalue weighted by Crippen LogP contribution is -2.05. The first-order valence-electron chi connectivity index (χ1n) is 27.7. The number of rotatable bonds is 53. The van der Waals surface area contributed by atoms with Crippen LogP contribution in [0.1, 0.15) is 328 Å². The number of unbranched alkanes of at least 4 members (excludes halogenated alkanes) is 45. The van der Waals surface area contributed by atoms with Crippen LogP contribution in [0, 0.1) is 0 Å². The largest absolute Gasteiger partial charge is 0.481 e. The second-order valence-electron chi connectivity index (χ2n) is 19.1. The van der Waals surface area contributed by atoms with E-state index in [1.807, 2.05) is 0 Å². The van der Waals surface area contributed by atoms with Crippen LogP contribution >= 0.6 is 0 Å². The maximum Gasteiger partial charge on any atom is 0.305 e. The number of carboxylic acids is 1. The molecule has 0 fully saturated rings. The number of esters is 1. The molecule has 4 heteroatoms. The van der Waals surface area contributed by atoms with Gasteiger partial charge in [0.2, 0.25) is 0 Å². The van der Waals surface area contributed by atoms with Gasteiger partial charge in [0.15, 0.2) is 0 Å². The van der Waals surface area contributed by atoms with Crippen LogP contribution in [-0.4, -0.2) is 23.7 Å². The second-order valence-corrected chi connectivity index (χ2v) is 19.1. The minimum Gasteiger partial charge on any atom is -0.481 e. The lowest BCUT2D eigenvalue weighted by Gasteiger charge is -2.06. The van der Waals surface area contributed by atoms with Gasteiger partial charge in [-0.25, -0.2) is 0 Å². The summed E-state index contributed by atoms with van der Waals surface area (Å²) >= 11 is 0. The van der Waals surface area contributed by atoms with Crippen molar-refractivity contribution < 1.29 is 19.4 Å². The van der Waals surface area contributed by atoms with Crippen molar-refractivity contribution in [2.45, 2.75) is 328 Å². The number of carbonyl (C=O) groups excluding carboxylic acids is 1. The highest BCUT2D eigenvalue weighted by Crippen LogP contribution is 2.18. The molecule has 0 aromatic heterocycles. The first-order chi connectivity index (χ1) is 29.7. The minimum absolute atomic E-state index is 0.0226. The molecule has 1 N–H and O–H groups in total. The number of hydrogen-bond donors (Lipinski definition) is 1. The van der Waals surface area contributed by atoms with E-state index in [1.165, 1.54) is 283 Å². The molecule has 0 saturated heterocycles. The Morgan fingerprint density at radius 1 is 0.317 bits per heavy atom. The fourth-order valence-electron chi connectivity index (χ4n) is 8.81. The van der Waals surface area contributed by atoms with E-state index in [0.717, 1.165) is 25.7 Å². The number of aliphatic carboxylic acids is 1. The predicted molar refractivity (Wildman–Crippen MR) is 264 cm³/mol. The Bertz CT molecular complexity index is 852. The molecule has 0 rings (SSSR count). The van der Waals surface area contributed by atoms with Gasteiger partial charge in [-0.15, -0.1) is 0 Å². The van der Waals surface area contributed by atoms with Crippen molar-refractivity contribution in [2.75, 3.05) is 6.61 Å². The van der Waals surface area contributed by atoms with Gasteiger partial charge in [0.25, 0.3) is 0 Å². The molecule has 0 aliphatic carbocycles. The molecule has 0 saturated carbocycles. The zero-order valence-corrected chi connectivity index (χ0v) is 40.9. The van der Waals surface area contributed by atoms with E-state index in [2.05, 4.69) is 19.1 Å². The summed E-state index contributed by atoms with van der Waals surface area (Å²) in [5.41, 5.74) is 0. The van der Waals surface area contributed by atoms with E-state index in [-0.39, 0.29) is 5.97 Å². The molecule has 0 bridgehead atoms. The Hall–Kier alpha value is -1.32. The maximum atomic E-state index is 12.1. The van der Waals surface area contributed by atoms with E-state index < -0.39 is 5.97 Å². The first kappa shape index (κ1) is 58.7. The van der Waals surface area contributed by atoms with Crippen molar-refractivity contribution in [2.24, 2.45) is 0 Å². The van der Waals surface area contributed by atoms with E-state index in [0.29, 0.717) is 19.4 Å². The molecule has 4 nitrogen and oxygen atoms in total. The van der Waals surface area contributed by atoms with Crippen LogP contribution in [-0.2, 0) is 14.3 Å². The highest BCUT2D eigenvalue weighted by molar-refractivity contribution is 5.69. The molecule has 0 radical (unpaired) electrons. The summed E-state index contributed by atoms with van der Waals surface area (Å²) in [6.45, 7) is 2.90. The fraction of sp³-hybridized carbons (Fsp3) is 0.929. The van der Waals surface area contributed by atoms with E-state index in [1.54, 1.807) is 0 Å². The summed E-state index contributed by atoms with van der Waals surface area (Å²) in [5, 5.41) is 8.67. The molecule has 0 aromatic rings. The maximum absolute atomic E-state index is 12.1. The summed E-state index contributed by atoms with van der Waals surface area (Å²) in [4.78, 5) is 22.6. The third-order valence-corrected chi connectivity index (χ3v) is 12.9. The third-order valence-electron chi connectivity index (χ3n) is 12.9. The molecule has 0 amide bonds. The fourth-order valence-corrected chi connectivity index (χ4v) is 8.81. The summed E-state index contributed by atoms with van der Waals surface area (Å²) in [6.07, 6.45) is 70.3. The number of hydrogen-bond acceptors (Lipinski definition) is 3. The van der Waals surface area contributed by atoms with Gasteiger partial charge >= 0.3 is 11.9 Å². The number of ether oxygens (including phenoxy) is 1. The molecule has 0 heterocycles. The van der Waals surface area contributed by atoms with Gasteiger partial charge in [0, 0.05) is 12.8 Å². The van der Waals surface area contributed by atoms with Crippen LogP contribution in [0.15, 0.2) is 12.2 Å². The Morgan fingerprint density at radius 2 is 0.550 bits per heavy atom. The zero-order chi connectivity index (χ0) is 43.3. The highest BCUT2D eigenvalue weighted by atomic mass is 16.5. The number of carbonyl (C=O) groups is 2. The van der Waals surface area contributed by atoms with E-state index >= 15 is 0 Å². The third kappa shape index (κ3) is 54.7. The second kappa shape index (κ2) is 53.8. The van der Waals surface area contributed by atoms with Crippen LogP contribution < -0.4 is 0 Å². The average molecular weight is 845 g/mol. The van der Waals surface area contributed by atoms with Crippen LogP contribution in [0.3, 0.4) is 0 Å². The van der Waals surface area contributed by atoms with Crippen molar-refractivity contribution in [1.82, 2.24) is 0 Å². The number of carboxylic acid groups (broad SMARTS) is 1. The highest BCUT2D eigenvalue weighted by Gasteiger charge is 2.03. The Kier molecular flexibility index (Phi) is 52.6. The van der Waals surface area contributed by atoms with Crippen molar-refractivity contribution >= 4 is 11.9 Å². The lowest BCUT2D eigenvalue weighted by molar-refractivity contribution is -0.144. The molecular weight excluding hydrogens is 737 g/mol. The molecule has 0 aliphatic rings. The van der Waals surface area contributed by atoms with Gasteiger partial charge < -0.3 is 9.84 Å².